The van der Waals surface area contributed by atoms with Gasteiger partial charge in [0.05, 0.1) is 12.2 Å². The first-order valence-electron chi connectivity index (χ1n) is 8.63. The Kier molecular flexibility index (Phi) is 6.06. The normalized spacial score (nSPS) is 31.4. The third kappa shape index (κ3) is 5.85. The van der Waals surface area contributed by atoms with Crippen molar-refractivity contribution in [2.75, 3.05) is 40.3 Å². The minimum atomic E-state index is 0.186. The smallest absolute Gasteiger partial charge is 0.0707 e. The zero-order valence-corrected chi connectivity index (χ0v) is 14.7. The maximum atomic E-state index is 6.20. The molecular weight excluding hydrogens is 262 g/mol. The van der Waals surface area contributed by atoms with Crippen LogP contribution in [0.15, 0.2) is 0 Å². The molecule has 1 N–H and O–H groups in total. The molecule has 0 amide bonds. The summed E-state index contributed by atoms with van der Waals surface area (Å²) < 4.78 is 6.20. The zero-order chi connectivity index (χ0) is 15.5. The number of hydrogen-bond acceptors (Lipinski definition) is 4. The van der Waals surface area contributed by atoms with Crippen molar-refractivity contribution in [3.8, 4) is 0 Å². The van der Waals surface area contributed by atoms with Crippen LogP contribution in [0.3, 0.4) is 0 Å². The SMILES string of the molecule is CN(CC1CCC(CNC(C)(C)C)O1)CC1CCCN1C. The van der Waals surface area contributed by atoms with E-state index in [0.717, 1.165) is 19.1 Å². The van der Waals surface area contributed by atoms with E-state index in [1.807, 2.05) is 0 Å². The highest BCUT2D eigenvalue weighted by Crippen LogP contribution is 2.21. The molecular formula is C17H35N3O. The highest BCUT2D eigenvalue weighted by Gasteiger charge is 2.28. The molecule has 124 valence electrons. The van der Waals surface area contributed by atoms with Gasteiger partial charge in [-0.3, -0.25) is 0 Å². The van der Waals surface area contributed by atoms with Crippen molar-refractivity contribution in [1.29, 1.82) is 0 Å². The number of hydrogen-bond donors (Lipinski definition) is 1. The standard InChI is InChI=1S/C17H35N3O/c1-17(2,3)18-11-15-8-9-16(21-15)13-19(4)12-14-7-6-10-20(14)5/h14-16,18H,6-13H2,1-5H3. The number of likely N-dealkylation sites (tertiary alicyclic amines) is 1. The average molecular weight is 297 g/mol. The van der Waals surface area contributed by atoms with E-state index in [1.165, 1.54) is 38.8 Å². The van der Waals surface area contributed by atoms with E-state index >= 15 is 0 Å². The van der Waals surface area contributed by atoms with Gasteiger partial charge < -0.3 is 19.9 Å². The minimum absolute atomic E-state index is 0.186. The van der Waals surface area contributed by atoms with Crippen LogP contribution in [-0.2, 0) is 4.74 Å². The lowest BCUT2D eigenvalue weighted by atomic mass is 10.1. The summed E-state index contributed by atoms with van der Waals surface area (Å²) in [4.78, 5) is 4.97. The Bertz CT molecular complexity index is 316. The lowest BCUT2D eigenvalue weighted by Gasteiger charge is -2.28. The molecule has 0 saturated carbocycles. The topological polar surface area (TPSA) is 27.7 Å². The Morgan fingerprint density at radius 3 is 2.48 bits per heavy atom. The van der Waals surface area contributed by atoms with E-state index in [0.29, 0.717) is 12.2 Å². The number of likely N-dealkylation sites (N-methyl/N-ethyl adjacent to an activating group) is 2. The first-order chi connectivity index (χ1) is 9.83. The number of nitrogens with one attached hydrogen (secondary N) is 1. The fraction of sp³-hybridized carbons (Fsp3) is 1.00. The molecule has 0 aromatic rings. The van der Waals surface area contributed by atoms with Crippen LogP contribution in [0.5, 0.6) is 0 Å². The maximum Gasteiger partial charge on any atom is 0.0707 e. The fourth-order valence-corrected chi connectivity index (χ4v) is 3.48. The Morgan fingerprint density at radius 2 is 1.86 bits per heavy atom. The lowest BCUT2D eigenvalue weighted by molar-refractivity contribution is 0.0224. The van der Waals surface area contributed by atoms with Gasteiger partial charge in [0.25, 0.3) is 0 Å². The van der Waals surface area contributed by atoms with Gasteiger partial charge >= 0.3 is 0 Å². The molecule has 0 spiro atoms. The van der Waals surface area contributed by atoms with Crippen LogP contribution in [0.25, 0.3) is 0 Å². The second-order valence-electron chi connectivity index (χ2n) is 8.09. The van der Waals surface area contributed by atoms with Crippen molar-refractivity contribution in [2.24, 2.45) is 0 Å². The Morgan fingerprint density at radius 1 is 1.14 bits per heavy atom. The molecule has 21 heavy (non-hydrogen) atoms. The van der Waals surface area contributed by atoms with Crippen molar-refractivity contribution in [3.63, 3.8) is 0 Å². The van der Waals surface area contributed by atoms with Gasteiger partial charge in [0.15, 0.2) is 0 Å². The zero-order valence-electron chi connectivity index (χ0n) is 14.7. The lowest BCUT2D eigenvalue weighted by Crippen LogP contribution is -2.42. The number of rotatable bonds is 6. The third-order valence-corrected chi connectivity index (χ3v) is 4.76. The summed E-state index contributed by atoms with van der Waals surface area (Å²) in [5.74, 6) is 0. The molecule has 0 aliphatic carbocycles. The van der Waals surface area contributed by atoms with E-state index < -0.39 is 0 Å². The summed E-state index contributed by atoms with van der Waals surface area (Å²) in [6.07, 6.45) is 5.94. The average Bonchev–Trinajstić information content (AvgIpc) is 2.96. The molecule has 2 aliphatic heterocycles. The molecule has 0 radical (unpaired) electrons. The van der Waals surface area contributed by atoms with Crippen LogP contribution in [0.2, 0.25) is 0 Å². The second kappa shape index (κ2) is 7.40. The predicted molar refractivity (Wildman–Crippen MR) is 88.8 cm³/mol. The summed E-state index contributed by atoms with van der Waals surface area (Å²) in [7, 11) is 4.50. The summed E-state index contributed by atoms with van der Waals surface area (Å²) in [5.41, 5.74) is 0.186. The first-order valence-corrected chi connectivity index (χ1v) is 8.63. The van der Waals surface area contributed by atoms with Crippen LogP contribution < -0.4 is 5.32 Å². The van der Waals surface area contributed by atoms with Crippen molar-refractivity contribution in [2.45, 2.75) is 70.2 Å². The second-order valence-corrected chi connectivity index (χ2v) is 8.09. The minimum Gasteiger partial charge on any atom is -0.372 e. The van der Waals surface area contributed by atoms with E-state index in [2.05, 4.69) is 50.0 Å². The highest BCUT2D eigenvalue weighted by molar-refractivity contribution is 4.83. The predicted octanol–water partition coefficient (Wildman–Crippen LogP) is 1.95. The van der Waals surface area contributed by atoms with Gasteiger partial charge in [-0.2, -0.15) is 0 Å². The van der Waals surface area contributed by atoms with Crippen LogP contribution in [0.4, 0.5) is 0 Å². The Labute approximate surface area is 131 Å². The molecule has 0 bridgehead atoms. The molecule has 2 fully saturated rings. The van der Waals surface area contributed by atoms with Crippen LogP contribution in [-0.4, -0.2) is 73.9 Å². The van der Waals surface area contributed by atoms with Gasteiger partial charge in [0, 0.05) is 31.2 Å². The summed E-state index contributed by atoms with van der Waals surface area (Å²) in [6.45, 7) is 11.1. The van der Waals surface area contributed by atoms with Crippen molar-refractivity contribution >= 4 is 0 Å². The van der Waals surface area contributed by atoms with Gasteiger partial charge in [0.1, 0.15) is 0 Å². The number of nitrogens with zero attached hydrogens (tertiary/aromatic N) is 2. The van der Waals surface area contributed by atoms with Crippen molar-refractivity contribution < 1.29 is 4.74 Å². The largest absolute Gasteiger partial charge is 0.372 e. The molecule has 3 unspecified atom stereocenters. The Hall–Kier alpha value is -0.160. The molecule has 0 aromatic heterocycles. The summed E-state index contributed by atoms with van der Waals surface area (Å²) in [5, 5.41) is 3.56. The van der Waals surface area contributed by atoms with Crippen molar-refractivity contribution in [1.82, 2.24) is 15.1 Å². The van der Waals surface area contributed by atoms with Gasteiger partial charge in [-0.25, -0.2) is 0 Å². The molecule has 4 nitrogen and oxygen atoms in total. The molecule has 4 heteroatoms. The van der Waals surface area contributed by atoms with E-state index in [4.69, 9.17) is 4.74 Å². The van der Waals surface area contributed by atoms with E-state index in [-0.39, 0.29) is 5.54 Å². The molecule has 3 atom stereocenters. The molecule has 2 heterocycles. The monoisotopic (exact) mass is 297 g/mol. The van der Waals surface area contributed by atoms with E-state index in [9.17, 15) is 0 Å². The highest BCUT2D eigenvalue weighted by atomic mass is 16.5. The Balaban J connectivity index is 1.65. The fourth-order valence-electron chi connectivity index (χ4n) is 3.48. The van der Waals surface area contributed by atoms with Gasteiger partial charge in [-0.15, -0.1) is 0 Å². The molecule has 2 aliphatic rings. The van der Waals surface area contributed by atoms with E-state index in [1.54, 1.807) is 0 Å². The maximum absolute atomic E-state index is 6.20. The first kappa shape index (κ1) is 17.2. The van der Waals surface area contributed by atoms with Crippen LogP contribution in [0, 0.1) is 0 Å². The van der Waals surface area contributed by atoms with Gasteiger partial charge in [-0.05, 0) is 67.1 Å². The summed E-state index contributed by atoms with van der Waals surface area (Å²) in [6, 6.07) is 0.745. The summed E-state index contributed by atoms with van der Waals surface area (Å²) >= 11 is 0. The molecule has 2 saturated heterocycles. The number of ether oxygens (including phenoxy) is 1. The molecule has 2 rings (SSSR count). The van der Waals surface area contributed by atoms with Gasteiger partial charge in [0.2, 0.25) is 0 Å². The van der Waals surface area contributed by atoms with Crippen molar-refractivity contribution in [3.05, 3.63) is 0 Å². The van der Waals surface area contributed by atoms with Crippen LogP contribution >= 0.6 is 0 Å². The van der Waals surface area contributed by atoms with Gasteiger partial charge in [-0.1, -0.05) is 0 Å². The third-order valence-electron chi connectivity index (χ3n) is 4.76. The quantitative estimate of drug-likeness (QED) is 0.811. The van der Waals surface area contributed by atoms with Crippen LogP contribution in [0.1, 0.15) is 46.5 Å². The molecule has 0 aromatic carbocycles.